The van der Waals surface area contributed by atoms with Crippen molar-refractivity contribution in [3.63, 3.8) is 0 Å². The van der Waals surface area contributed by atoms with Crippen LogP contribution in [0.3, 0.4) is 0 Å². The summed E-state index contributed by atoms with van der Waals surface area (Å²) in [5, 5.41) is 8.96. The number of rotatable bonds is 4. The molecule has 0 amide bonds. The number of hydrogen-bond donors (Lipinski definition) is 1. The van der Waals surface area contributed by atoms with Gasteiger partial charge in [0.15, 0.2) is 11.5 Å². The fraction of sp³-hybridized carbons (Fsp3) is 0.273. The molecule has 0 unspecified atom stereocenters. The summed E-state index contributed by atoms with van der Waals surface area (Å²) in [7, 11) is 2.97. The molecule has 0 aromatic heterocycles. The Kier molecular flexibility index (Phi) is 4.12. The molecule has 0 fully saturated rings. The monoisotopic (exact) mass is 212 g/mol. The lowest BCUT2D eigenvalue weighted by Gasteiger charge is -2.12. The van der Waals surface area contributed by atoms with Crippen LogP contribution in [0.1, 0.15) is 5.56 Å². The second kappa shape index (κ2) is 5.36. The van der Waals surface area contributed by atoms with Gasteiger partial charge in [0, 0.05) is 11.1 Å². The molecule has 0 atom stereocenters. The van der Waals surface area contributed by atoms with Crippen LogP contribution in [0.25, 0.3) is 5.57 Å². The maximum Gasteiger partial charge on any atom is 0.168 e. The van der Waals surface area contributed by atoms with Gasteiger partial charge in [-0.2, -0.15) is 0 Å². The van der Waals surface area contributed by atoms with Crippen molar-refractivity contribution >= 4 is 5.57 Å². The van der Waals surface area contributed by atoms with Gasteiger partial charge in [-0.15, -0.1) is 0 Å². The topological polar surface area (TPSA) is 38.7 Å². The zero-order valence-electron chi connectivity index (χ0n) is 8.66. The van der Waals surface area contributed by atoms with Crippen LogP contribution >= 0.6 is 0 Å². The number of para-hydroxylation sites is 1. The average molecular weight is 212 g/mol. The second-order valence-electron chi connectivity index (χ2n) is 2.83. The van der Waals surface area contributed by atoms with Crippen LogP contribution in [-0.4, -0.2) is 25.9 Å². The number of benzene rings is 1. The Morgan fingerprint density at radius 2 is 2.13 bits per heavy atom. The number of ether oxygens (including phenoxy) is 2. The molecule has 1 aromatic carbocycles. The fourth-order valence-electron chi connectivity index (χ4n) is 1.32. The van der Waals surface area contributed by atoms with Crippen LogP contribution in [0, 0.1) is 0 Å². The van der Waals surface area contributed by atoms with E-state index in [9.17, 15) is 4.39 Å². The fourth-order valence-corrected chi connectivity index (χ4v) is 1.32. The van der Waals surface area contributed by atoms with E-state index in [-0.39, 0.29) is 12.2 Å². The zero-order valence-corrected chi connectivity index (χ0v) is 8.66. The van der Waals surface area contributed by atoms with E-state index in [1.165, 1.54) is 14.2 Å². The molecule has 1 aromatic rings. The van der Waals surface area contributed by atoms with E-state index in [0.717, 1.165) is 0 Å². The van der Waals surface area contributed by atoms with Crippen molar-refractivity contribution in [2.45, 2.75) is 0 Å². The molecule has 0 aliphatic rings. The highest BCUT2D eigenvalue weighted by Crippen LogP contribution is 2.34. The largest absolute Gasteiger partial charge is 0.493 e. The first kappa shape index (κ1) is 11.5. The van der Waals surface area contributed by atoms with Crippen LogP contribution in [-0.2, 0) is 0 Å². The van der Waals surface area contributed by atoms with Gasteiger partial charge in [0.2, 0.25) is 0 Å². The van der Waals surface area contributed by atoms with Gasteiger partial charge in [-0.05, 0) is 6.07 Å². The van der Waals surface area contributed by atoms with Gasteiger partial charge in [-0.1, -0.05) is 12.1 Å². The van der Waals surface area contributed by atoms with Crippen molar-refractivity contribution in [2.24, 2.45) is 0 Å². The molecule has 0 heterocycles. The second-order valence-corrected chi connectivity index (χ2v) is 2.83. The zero-order chi connectivity index (χ0) is 11.3. The van der Waals surface area contributed by atoms with E-state index in [1.807, 2.05) is 0 Å². The molecule has 82 valence electrons. The molecule has 0 spiro atoms. The van der Waals surface area contributed by atoms with E-state index in [2.05, 4.69) is 0 Å². The minimum atomic E-state index is -0.389. The molecule has 3 nitrogen and oxygen atoms in total. The Labute approximate surface area is 87.8 Å². The highest BCUT2D eigenvalue weighted by molar-refractivity contribution is 5.73. The number of halogens is 1. The molecule has 0 aliphatic heterocycles. The Bertz CT molecular complexity index is 361. The standard InChI is InChI=1S/C11H13FO3/c1-14-10-5-3-4-9(11(10)15-2)8(6-12)7-13/h3-6,13H,7H2,1-2H3. The lowest BCUT2D eigenvalue weighted by atomic mass is 10.1. The minimum absolute atomic E-state index is 0.158. The number of methoxy groups -OCH3 is 2. The Balaban J connectivity index is 3.28. The highest BCUT2D eigenvalue weighted by Gasteiger charge is 2.12. The number of aliphatic hydroxyl groups is 1. The minimum Gasteiger partial charge on any atom is -0.493 e. The van der Waals surface area contributed by atoms with E-state index < -0.39 is 0 Å². The third kappa shape index (κ3) is 2.27. The summed E-state index contributed by atoms with van der Waals surface area (Å²) in [5.74, 6) is 0.917. The Morgan fingerprint density at radius 1 is 1.40 bits per heavy atom. The van der Waals surface area contributed by atoms with Crippen LogP contribution in [0.4, 0.5) is 4.39 Å². The lowest BCUT2D eigenvalue weighted by Crippen LogP contribution is -1.97. The van der Waals surface area contributed by atoms with Crippen LogP contribution in [0.2, 0.25) is 0 Å². The molecule has 0 aliphatic carbocycles. The third-order valence-electron chi connectivity index (χ3n) is 2.05. The summed E-state index contributed by atoms with van der Waals surface area (Å²) in [5.41, 5.74) is 0.646. The lowest BCUT2D eigenvalue weighted by molar-refractivity contribution is 0.342. The molecule has 4 heteroatoms. The number of aliphatic hydroxyl groups excluding tert-OH is 1. The van der Waals surface area contributed by atoms with Gasteiger partial charge in [-0.3, -0.25) is 0 Å². The molecule has 0 radical (unpaired) electrons. The van der Waals surface area contributed by atoms with E-state index in [0.29, 0.717) is 23.4 Å². The van der Waals surface area contributed by atoms with Crippen molar-refractivity contribution < 1.29 is 19.0 Å². The molecule has 0 saturated heterocycles. The molecule has 1 rings (SSSR count). The maximum atomic E-state index is 12.5. The van der Waals surface area contributed by atoms with E-state index in [1.54, 1.807) is 18.2 Å². The Hall–Kier alpha value is -1.55. The van der Waals surface area contributed by atoms with Crippen molar-refractivity contribution in [1.29, 1.82) is 0 Å². The van der Waals surface area contributed by atoms with Gasteiger partial charge < -0.3 is 14.6 Å². The first-order valence-electron chi connectivity index (χ1n) is 4.40. The smallest absolute Gasteiger partial charge is 0.168 e. The van der Waals surface area contributed by atoms with Gasteiger partial charge >= 0.3 is 0 Å². The van der Waals surface area contributed by atoms with Gasteiger partial charge in [0.1, 0.15) is 0 Å². The van der Waals surface area contributed by atoms with E-state index >= 15 is 0 Å². The van der Waals surface area contributed by atoms with Crippen LogP contribution in [0.15, 0.2) is 24.5 Å². The first-order valence-corrected chi connectivity index (χ1v) is 4.40. The van der Waals surface area contributed by atoms with Crippen molar-refractivity contribution in [3.05, 3.63) is 30.1 Å². The summed E-state index contributed by atoms with van der Waals surface area (Å²) >= 11 is 0. The normalized spacial score (nSPS) is 11.3. The molecular formula is C11H13FO3. The molecular weight excluding hydrogens is 199 g/mol. The van der Waals surface area contributed by atoms with Crippen LogP contribution < -0.4 is 9.47 Å². The third-order valence-corrected chi connectivity index (χ3v) is 2.05. The van der Waals surface area contributed by atoms with Gasteiger partial charge in [-0.25, -0.2) is 4.39 Å². The molecule has 1 N–H and O–H groups in total. The van der Waals surface area contributed by atoms with Gasteiger partial charge in [0.25, 0.3) is 0 Å². The van der Waals surface area contributed by atoms with Crippen molar-refractivity contribution in [3.8, 4) is 11.5 Å². The number of hydrogen-bond acceptors (Lipinski definition) is 3. The quantitative estimate of drug-likeness (QED) is 0.829. The Morgan fingerprint density at radius 3 is 2.60 bits per heavy atom. The predicted molar refractivity (Wildman–Crippen MR) is 55.7 cm³/mol. The van der Waals surface area contributed by atoms with Crippen molar-refractivity contribution in [2.75, 3.05) is 20.8 Å². The first-order chi connectivity index (χ1) is 7.28. The summed E-state index contributed by atoms with van der Waals surface area (Å²) in [4.78, 5) is 0. The summed E-state index contributed by atoms with van der Waals surface area (Å²) in [6, 6.07) is 5.06. The molecule has 0 bridgehead atoms. The molecule has 0 saturated carbocycles. The highest BCUT2D eigenvalue weighted by atomic mass is 19.1. The van der Waals surface area contributed by atoms with Crippen molar-refractivity contribution in [1.82, 2.24) is 0 Å². The summed E-state index contributed by atoms with van der Waals surface area (Å²) in [6.45, 7) is -0.389. The van der Waals surface area contributed by atoms with E-state index in [4.69, 9.17) is 14.6 Å². The maximum absolute atomic E-state index is 12.5. The van der Waals surface area contributed by atoms with Crippen LogP contribution in [0.5, 0.6) is 11.5 Å². The summed E-state index contributed by atoms with van der Waals surface area (Å²) < 4.78 is 22.6. The summed E-state index contributed by atoms with van der Waals surface area (Å²) in [6.07, 6.45) is 0.358. The predicted octanol–water partition coefficient (Wildman–Crippen LogP) is 2.01. The SMILES string of the molecule is COc1cccc(C(=CF)CO)c1OC. The van der Waals surface area contributed by atoms with Gasteiger partial charge in [0.05, 0.1) is 27.2 Å². The molecule has 15 heavy (non-hydrogen) atoms. The average Bonchev–Trinajstić information content (AvgIpc) is 2.30.